The second-order valence-corrected chi connectivity index (χ2v) is 5.83. The fraction of sp³-hybridized carbons (Fsp3) is 0.588. The number of nitrogens with two attached hydrogens (primary N) is 1. The van der Waals surface area contributed by atoms with Crippen molar-refractivity contribution in [3.05, 3.63) is 23.8 Å². The number of anilines is 1. The van der Waals surface area contributed by atoms with Crippen molar-refractivity contribution in [2.24, 2.45) is 5.73 Å². The zero-order valence-electron chi connectivity index (χ0n) is 13.8. The van der Waals surface area contributed by atoms with E-state index in [0.29, 0.717) is 24.5 Å². The minimum atomic E-state index is -0.489. The molecule has 2 atom stereocenters. The molecule has 130 valence electrons. The van der Waals surface area contributed by atoms with Gasteiger partial charge in [0.05, 0.1) is 17.8 Å². The zero-order valence-corrected chi connectivity index (χ0v) is 14.7. The molecule has 23 heavy (non-hydrogen) atoms. The number of nitrogens with one attached hydrogen (secondary N) is 1. The van der Waals surface area contributed by atoms with Crippen LogP contribution in [0.15, 0.2) is 18.2 Å². The maximum absolute atomic E-state index is 12.1. The number of hydrogen-bond acceptors (Lipinski definition) is 4. The lowest BCUT2D eigenvalue weighted by molar-refractivity contribution is -0.117. The third-order valence-electron chi connectivity index (χ3n) is 3.78. The van der Waals surface area contributed by atoms with E-state index in [-0.39, 0.29) is 24.4 Å². The van der Waals surface area contributed by atoms with Crippen LogP contribution < -0.4 is 15.8 Å². The topological polar surface area (TPSA) is 73.6 Å². The Bertz CT molecular complexity index is 505. The molecular weight excluding hydrogens is 316 g/mol. The van der Waals surface area contributed by atoms with Gasteiger partial charge in [-0.3, -0.25) is 4.79 Å². The van der Waals surface area contributed by atoms with Gasteiger partial charge in [0, 0.05) is 6.61 Å². The molecule has 2 unspecified atom stereocenters. The van der Waals surface area contributed by atoms with Crippen molar-refractivity contribution >= 4 is 24.0 Å². The molecule has 0 bridgehead atoms. The standard InChI is InChI=1S/C17H26N2O3.ClH/c1-3-5-14(18)17(20)19-15-8-7-12(2)10-16(15)22-11-13-6-4-9-21-13;/h7-8,10,13-14H,3-6,9,11,18H2,1-2H3,(H,19,20);1H. The summed E-state index contributed by atoms with van der Waals surface area (Å²) < 4.78 is 11.4. The first-order valence-electron chi connectivity index (χ1n) is 8.01. The average Bonchev–Trinajstić information content (AvgIpc) is 3.01. The summed E-state index contributed by atoms with van der Waals surface area (Å²) in [5.41, 5.74) is 7.60. The molecule has 5 nitrogen and oxygen atoms in total. The predicted octanol–water partition coefficient (Wildman–Crippen LogP) is 3.04. The normalized spacial score (nSPS) is 18.1. The van der Waals surface area contributed by atoms with Crippen molar-refractivity contribution in [2.45, 2.75) is 51.7 Å². The molecule has 1 aromatic rings. The largest absolute Gasteiger partial charge is 0.489 e. The van der Waals surface area contributed by atoms with E-state index >= 15 is 0 Å². The fourth-order valence-electron chi connectivity index (χ4n) is 2.48. The summed E-state index contributed by atoms with van der Waals surface area (Å²) in [6.45, 7) is 5.31. The van der Waals surface area contributed by atoms with Crippen LogP contribution in [0.25, 0.3) is 0 Å². The van der Waals surface area contributed by atoms with Crippen molar-refractivity contribution < 1.29 is 14.3 Å². The molecule has 1 aliphatic heterocycles. The Labute approximate surface area is 144 Å². The van der Waals surface area contributed by atoms with Crippen molar-refractivity contribution in [3.63, 3.8) is 0 Å². The van der Waals surface area contributed by atoms with E-state index < -0.39 is 6.04 Å². The van der Waals surface area contributed by atoms with Crippen LogP contribution in [0.3, 0.4) is 0 Å². The highest BCUT2D eigenvalue weighted by Gasteiger charge is 2.18. The van der Waals surface area contributed by atoms with Crippen molar-refractivity contribution in [1.82, 2.24) is 0 Å². The summed E-state index contributed by atoms with van der Waals surface area (Å²) >= 11 is 0. The Kier molecular flexibility index (Phi) is 8.37. The number of carbonyl (C=O) groups is 1. The van der Waals surface area contributed by atoms with Gasteiger partial charge in [0.1, 0.15) is 12.4 Å². The van der Waals surface area contributed by atoms with Crippen LogP contribution in [-0.4, -0.2) is 31.3 Å². The number of ether oxygens (including phenoxy) is 2. The summed E-state index contributed by atoms with van der Waals surface area (Å²) in [5, 5.41) is 2.87. The number of halogens is 1. The Morgan fingerprint density at radius 2 is 2.30 bits per heavy atom. The highest BCUT2D eigenvalue weighted by atomic mass is 35.5. The first-order valence-corrected chi connectivity index (χ1v) is 8.01. The quantitative estimate of drug-likeness (QED) is 0.798. The number of carbonyl (C=O) groups excluding carboxylic acids is 1. The molecule has 1 saturated heterocycles. The summed E-state index contributed by atoms with van der Waals surface area (Å²) in [6, 6.07) is 5.24. The van der Waals surface area contributed by atoms with Crippen molar-refractivity contribution in [3.8, 4) is 5.75 Å². The van der Waals surface area contributed by atoms with Gasteiger partial charge in [-0.2, -0.15) is 0 Å². The monoisotopic (exact) mass is 342 g/mol. The van der Waals surface area contributed by atoms with E-state index in [1.165, 1.54) is 0 Å². The maximum atomic E-state index is 12.1. The maximum Gasteiger partial charge on any atom is 0.241 e. The van der Waals surface area contributed by atoms with Crippen LogP contribution in [-0.2, 0) is 9.53 Å². The first-order chi connectivity index (χ1) is 10.6. The molecule has 0 aliphatic carbocycles. The summed E-state index contributed by atoms with van der Waals surface area (Å²) in [7, 11) is 0. The second kappa shape index (κ2) is 9.75. The van der Waals surface area contributed by atoms with Gasteiger partial charge in [0.2, 0.25) is 5.91 Å². The predicted molar refractivity (Wildman–Crippen MR) is 94.4 cm³/mol. The highest BCUT2D eigenvalue weighted by Crippen LogP contribution is 2.27. The molecule has 1 amide bonds. The van der Waals surface area contributed by atoms with Gasteiger partial charge in [0.25, 0.3) is 0 Å². The minimum absolute atomic E-state index is 0. The van der Waals surface area contributed by atoms with E-state index in [1.54, 1.807) is 0 Å². The van der Waals surface area contributed by atoms with Gasteiger partial charge >= 0.3 is 0 Å². The highest BCUT2D eigenvalue weighted by molar-refractivity contribution is 5.95. The molecule has 1 fully saturated rings. The molecule has 6 heteroatoms. The van der Waals surface area contributed by atoms with E-state index in [9.17, 15) is 4.79 Å². The Hall–Kier alpha value is -1.30. The van der Waals surface area contributed by atoms with Gasteiger partial charge in [-0.05, 0) is 43.9 Å². The first kappa shape index (κ1) is 19.7. The zero-order chi connectivity index (χ0) is 15.9. The lowest BCUT2D eigenvalue weighted by atomic mass is 10.1. The summed E-state index contributed by atoms with van der Waals surface area (Å²) in [5.74, 6) is 0.500. The SMILES string of the molecule is CCCC(N)C(=O)Nc1ccc(C)cc1OCC1CCCO1.Cl. The number of benzene rings is 1. The molecule has 1 aliphatic rings. The average molecular weight is 343 g/mol. The number of rotatable bonds is 7. The molecule has 1 heterocycles. The number of hydrogen-bond donors (Lipinski definition) is 2. The molecule has 2 rings (SSSR count). The van der Waals surface area contributed by atoms with E-state index in [2.05, 4.69) is 5.32 Å². The molecular formula is C17H27ClN2O3. The Morgan fingerprint density at radius 3 is 2.96 bits per heavy atom. The fourth-order valence-corrected chi connectivity index (χ4v) is 2.48. The van der Waals surface area contributed by atoms with Crippen molar-refractivity contribution in [2.75, 3.05) is 18.5 Å². The van der Waals surface area contributed by atoms with Gasteiger partial charge in [-0.1, -0.05) is 19.4 Å². The minimum Gasteiger partial charge on any atom is -0.489 e. The van der Waals surface area contributed by atoms with Crippen LogP contribution in [0.5, 0.6) is 5.75 Å². The van der Waals surface area contributed by atoms with Crippen LogP contribution in [0.4, 0.5) is 5.69 Å². The van der Waals surface area contributed by atoms with E-state index in [4.69, 9.17) is 15.2 Å². The molecule has 0 spiro atoms. The lowest BCUT2D eigenvalue weighted by Gasteiger charge is -2.17. The van der Waals surface area contributed by atoms with Gasteiger partial charge < -0.3 is 20.5 Å². The van der Waals surface area contributed by atoms with Crippen LogP contribution in [0, 0.1) is 6.92 Å². The van der Waals surface area contributed by atoms with Crippen LogP contribution >= 0.6 is 12.4 Å². The van der Waals surface area contributed by atoms with Gasteiger partial charge in [-0.25, -0.2) is 0 Å². The Morgan fingerprint density at radius 1 is 1.52 bits per heavy atom. The number of aryl methyl sites for hydroxylation is 1. The van der Waals surface area contributed by atoms with Crippen molar-refractivity contribution in [1.29, 1.82) is 0 Å². The smallest absolute Gasteiger partial charge is 0.241 e. The molecule has 3 N–H and O–H groups in total. The third kappa shape index (κ3) is 6.01. The summed E-state index contributed by atoms with van der Waals surface area (Å²) in [4.78, 5) is 12.1. The molecule has 1 aromatic carbocycles. The molecule has 0 saturated carbocycles. The van der Waals surface area contributed by atoms with Crippen LogP contribution in [0.1, 0.15) is 38.2 Å². The van der Waals surface area contributed by atoms with Crippen LogP contribution in [0.2, 0.25) is 0 Å². The molecule has 0 aromatic heterocycles. The van der Waals surface area contributed by atoms with Gasteiger partial charge in [0.15, 0.2) is 0 Å². The van der Waals surface area contributed by atoms with E-state index in [0.717, 1.165) is 31.4 Å². The summed E-state index contributed by atoms with van der Waals surface area (Å²) in [6.07, 6.45) is 3.80. The lowest BCUT2D eigenvalue weighted by Crippen LogP contribution is -2.35. The van der Waals surface area contributed by atoms with Gasteiger partial charge in [-0.15, -0.1) is 12.4 Å². The van der Waals surface area contributed by atoms with E-state index in [1.807, 2.05) is 32.0 Å². The number of amides is 1. The third-order valence-corrected chi connectivity index (χ3v) is 3.78. The Balaban J connectivity index is 0.00000264. The molecule has 0 radical (unpaired) electrons. The second-order valence-electron chi connectivity index (χ2n) is 5.83.